The molecule has 0 saturated heterocycles. The molecule has 0 aliphatic rings. The average molecular weight is 262 g/mol. The van der Waals surface area contributed by atoms with Crippen LogP contribution in [0.1, 0.15) is 38.0 Å². The van der Waals surface area contributed by atoms with E-state index < -0.39 is 0 Å². The van der Waals surface area contributed by atoms with Crippen LogP contribution in [0.2, 0.25) is 0 Å². The van der Waals surface area contributed by atoms with E-state index in [0.29, 0.717) is 0 Å². The van der Waals surface area contributed by atoms with E-state index in [1.54, 1.807) is 6.33 Å². The normalized spacial score (nSPS) is 12.8. The molecule has 2 aromatic heterocycles. The van der Waals surface area contributed by atoms with Gasteiger partial charge in [0.15, 0.2) is 0 Å². The highest BCUT2D eigenvalue weighted by molar-refractivity contribution is 5.03. The first-order valence-corrected chi connectivity index (χ1v) is 6.83. The van der Waals surface area contributed by atoms with Crippen LogP contribution in [0.25, 0.3) is 0 Å². The Morgan fingerprint density at radius 1 is 1.32 bits per heavy atom. The summed E-state index contributed by atoms with van der Waals surface area (Å²) in [5.41, 5.74) is 0. The lowest BCUT2D eigenvalue weighted by atomic mass is 10.1. The number of aromatic nitrogens is 5. The zero-order valence-electron chi connectivity index (χ0n) is 11.9. The van der Waals surface area contributed by atoms with Gasteiger partial charge >= 0.3 is 0 Å². The molecule has 6 nitrogen and oxygen atoms in total. The maximum Gasteiger partial charge on any atom is 0.138 e. The number of hydrogen-bond acceptors (Lipinski definition) is 4. The molecular weight excluding hydrogens is 240 g/mol. The summed E-state index contributed by atoms with van der Waals surface area (Å²) >= 11 is 0. The van der Waals surface area contributed by atoms with Crippen molar-refractivity contribution in [3.63, 3.8) is 0 Å². The van der Waals surface area contributed by atoms with E-state index in [2.05, 4.69) is 38.8 Å². The summed E-state index contributed by atoms with van der Waals surface area (Å²) in [5, 5.41) is 7.76. The summed E-state index contributed by atoms with van der Waals surface area (Å²) in [6.45, 7) is 6.05. The van der Waals surface area contributed by atoms with Crippen LogP contribution in [0.4, 0.5) is 0 Å². The molecule has 0 aliphatic carbocycles. The van der Waals surface area contributed by atoms with Gasteiger partial charge in [0, 0.05) is 32.4 Å². The van der Waals surface area contributed by atoms with Crippen LogP contribution in [-0.2, 0) is 20.0 Å². The van der Waals surface area contributed by atoms with E-state index >= 15 is 0 Å². The molecule has 1 atom stereocenters. The Bertz CT molecular complexity index is 501. The van der Waals surface area contributed by atoms with Gasteiger partial charge in [-0.1, -0.05) is 6.92 Å². The molecule has 1 unspecified atom stereocenters. The van der Waals surface area contributed by atoms with Crippen molar-refractivity contribution >= 4 is 0 Å². The van der Waals surface area contributed by atoms with Gasteiger partial charge in [-0.15, -0.1) is 0 Å². The predicted octanol–water partition coefficient (Wildman–Crippen LogP) is 1.31. The van der Waals surface area contributed by atoms with Crippen LogP contribution in [0.5, 0.6) is 0 Å². The standard InChI is InChI=1S/C13H22N6/c1-4-6-14-11(13-15-7-8-18(13)3)9-12-16-10-17-19(12)5-2/h7-8,10-11,14H,4-6,9H2,1-3H3. The second-order valence-corrected chi connectivity index (χ2v) is 4.60. The maximum absolute atomic E-state index is 4.45. The fourth-order valence-corrected chi connectivity index (χ4v) is 2.18. The first-order valence-electron chi connectivity index (χ1n) is 6.83. The maximum atomic E-state index is 4.45. The highest BCUT2D eigenvalue weighted by atomic mass is 15.3. The minimum atomic E-state index is 0.175. The molecule has 0 aliphatic heterocycles. The summed E-state index contributed by atoms with van der Waals surface area (Å²) in [4.78, 5) is 8.80. The lowest BCUT2D eigenvalue weighted by Gasteiger charge is -2.18. The number of rotatable bonds is 7. The van der Waals surface area contributed by atoms with E-state index in [-0.39, 0.29) is 6.04 Å². The number of imidazole rings is 1. The van der Waals surface area contributed by atoms with Crippen molar-refractivity contribution in [1.29, 1.82) is 0 Å². The molecule has 2 rings (SSSR count). The van der Waals surface area contributed by atoms with Gasteiger partial charge in [0.2, 0.25) is 0 Å². The Hall–Kier alpha value is -1.69. The van der Waals surface area contributed by atoms with Crippen molar-refractivity contribution in [1.82, 2.24) is 29.6 Å². The van der Waals surface area contributed by atoms with Gasteiger partial charge < -0.3 is 9.88 Å². The van der Waals surface area contributed by atoms with Gasteiger partial charge in [0.25, 0.3) is 0 Å². The average Bonchev–Trinajstić information content (AvgIpc) is 3.03. The zero-order chi connectivity index (χ0) is 13.7. The summed E-state index contributed by atoms with van der Waals surface area (Å²) < 4.78 is 3.99. The van der Waals surface area contributed by atoms with Crippen molar-refractivity contribution in [2.24, 2.45) is 7.05 Å². The highest BCUT2D eigenvalue weighted by Crippen LogP contribution is 2.15. The van der Waals surface area contributed by atoms with E-state index in [1.807, 2.05) is 24.1 Å². The van der Waals surface area contributed by atoms with Crippen LogP contribution in [0.3, 0.4) is 0 Å². The molecule has 0 saturated carbocycles. The third kappa shape index (κ3) is 3.20. The van der Waals surface area contributed by atoms with Crippen molar-refractivity contribution in [2.45, 2.75) is 39.3 Å². The molecule has 2 aromatic rings. The Kier molecular flexibility index (Phi) is 4.68. The van der Waals surface area contributed by atoms with Gasteiger partial charge in [0.1, 0.15) is 18.0 Å². The quantitative estimate of drug-likeness (QED) is 0.817. The number of hydrogen-bond donors (Lipinski definition) is 1. The molecule has 0 aromatic carbocycles. The van der Waals surface area contributed by atoms with E-state index in [1.165, 1.54) is 0 Å². The molecular formula is C13H22N6. The Morgan fingerprint density at radius 2 is 2.16 bits per heavy atom. The van der Waals surface area contributed by atoms with Crippen LogP contribution in [0.15, 0.2) is 18.7 Å². The topological polar surface area (TPSA) is 60.6 Å². The second kappa shape index (κ2) is 6.47. The highest BCUT2D eigenvalue weighted by Gasteiger charge is 2.18. The molecule has 2 heterocycles. The second-order valence-electron chi connectivity index (χ2n) is 4.60. The monoisotopic (exact) mass is 262 g/mol. The lowest BCUT2D eigenvalue weighted by molar-refractivity contribution is 0.467. The van der Waals surface area contributed by atoms with Gasteiger partial charge in [-0.3, -0.25) is 4.68 Å². The van der Waals surface area contributed by atoms with Crippen LogP contribution < -0.4 is 5.32 Å². The first kappa shape index (κ1) is 13.7. The molecule has 6 heteroatoms. The number of nitrogens with zero attached hydrogens (tertiary/aromatic N) is 5. The molecule has 1 N–H and O–H groups in total. The molecule has 104 valence electrons. The lowest BCUT2D eigenvalue weighted by Crippen LogP contribution is -2.27. The summed E-state index contributed by atoms with van der Waals surface area (Å²) in [6.07, 6.45) is 7.33. The SMILES string of the molecule is CCCNC(Cc1ncnn1CC)c1nccn1C. The molecule has 0 radical (unpaired) electrons. The van der Waals surface area contributed by atoms with Gasteiger partial charge in [0.05, 0.1) is 6.04 Å². The van der Waals surface area contributed by atoms with E-state index in [0.717, 1.165) is 37.6 Å². The van der Waals surface area contributed by atoms with Gasteiger partial charge in [-0.05, 0) is 19.9 Å². The summed E-state index contributed by atoms with van der Waals surface area (Å²) in [5.74, 6) is 2.04. The minimum Gasteiger partial charge on any atom is -0.337 e. The van der Waals surface area contributed by atoms with E-state index in [4.69, 9.17) is 0 Å². The molecule has 0 fully saturated rings. The van der Waals surface area contributed by atoms with Gasteiger partial charge in [-0.25, -0.2) is 9.97 Å². The predicted molar refractivity (Wildman–Crippen MR) is 73.6 cm³/mol. The Balaban J connectivity index is 2.17. The smallest absolute Gasteiger partial charge is 0.138 e. The van der Waals surface area contributed by atoms with Crippen molar-refractivity contribution in [2.75, 3.05) is 6.54 Å². The van der Waals surface area contributed by atoms with Crippen molar-refractivity contribution < 1.29 is 0 Å². The van der Waals surface area contributed by atoms with E-state index in [9.17, 15) is 0 Å². The third-order valence-corrected chi connectivity index (χ3v) is 3.19. The van der Waals surface area contributed by atoms with Gasteiger partial charge in [-0.2, -0.15) is 5.10 Å². The number of aryl methyl sites for hydroxylation is 2. The van der Waals surface area contributed by atoms with Crippen molar-refractivity contribution in [3.8, 4) is 0 Å². The molecule has 0 amide bonds. The molecule has 19 heavy (non-hydrogen) atoms. The largest absolute Gasteiger partial charge is 0.337 e. The summed E-state index contributed by atoms with van der Waals surface area (Å²) in [7, 11) is 2.02. The third-order valence-electron chi connectivity index (χ3n) is 3.19. The Labute approximate surface area is 113 Å². The van der Waals surface area contributed by atoms with Crippen LogP contribution in [0, 0.1) is 0 Å². The number of nitrogens with one attached hydrogen (secondary N) is 1. The minimum absolute atomic E-state index is 0.175. The Morgan fingerprint density at radius 3 is 2.79 bits per heavy atom. The fraction of sp³-hybridized carbons (Fsp3) is 0.615. The van der Waals surface area contributed by atoms with Crippen LogP contribution in [-0.4, -0.2) is 30.9 Å². The molecule has 0 bridgehead atoms. The zero-order valence-corrected chi connectivity index (χ0v) is 11.9. The van der Waals surface area contributed by atoms with Crippen molar-refractivity contribution in [3.05, 3.63) is 30.4 Å². The van der Waals surface area contributed by atoms with Crippen LogP contribution >= 0.6 is 0 Å². The summed E-state index contributed by atoms with van der Waals surface area (Å²) in [6, 6.07) is 0.175. The molecule has 0 spiro atoms. The first-order chi connectivity index (χ1) is 9.26. The fourth-order valence-electron chi connectivity index (χ4n) is 2.18.